The SMILES string of the molecule is CC(C)(C)OC(=O)N1CC(Oc2c(C(=O)O)sc3ccccc23)C1. The summed E-state index contributed by atoms with van der Waals surface area (Å²) in [5.74, 6) is -0.619. The average molecular weight is 349 g/mol. The van der Waals surface area contributed by atoms with Crippen LogP contribution >= 0.6 is 11.3 Å². The lowest BCUT2D eigenvalue weighted by Gasteiger charge is -2.39. The van der Waals surface area contributed by atoms with E-state index in [1.807, 2.05) is 45.0 Å². The Morgan fingerprint density at radius 1 is 1.25 bits per heavy atom. The third kappa shape index (κ3) is 3.31. The molecule has 128 valence electrons. The van der Waals surface area contributed by atoms with Gasteiger partial charge in [0.25, 0.3) is 0 Å². The highest BCUT2D eigenvalue weighted by atomic mass is 32.1. The van der Waals surface area contributed by atoms with Gasteiger partial charge in [-0.3, -0.25) is 0 Å². The van der Waals surface area contributed by atoms with Gasteiger partial charge in [-0.15, -0.1) is 11.3 Å². The summed E-state index contributed by atoms with van der Waals surface area (Å²) in [6, 6.07) is 7.42. The molecule has 0 atom stereocenters. The molecule has 24 heavy (non-hydrogen) atoms. The maximum Gasteiger partial charge on any atom is 0.410 e. The average Bonchev–Trinajstić information content (AvgIpc) is 2.79. The minimum Gasteiger partial charge on any atom is -0.484 e. The molecule has 1 fully saturated rings. The quantitative estimate of drug-likeness (QED) is 0.916. The Balaban J connectivity index is 1.70. The fourth-order valence-corrected chi connectivity index (χ4v) is 3.41. The van der Waals surface area contributed by atoms with Crippen LogP contribution in [0.1, 0.15) is 30.4 Å². The van der Waals surface area contributed by atoms with Crippen molar-refractivity contribution in [1.82, 2.24) is 4.90 Å². The number of fused-ring (bicyclic) bond motifs is 1. The molecule has 1 aromatic heterocycles. The van der Waals surface area contributed by atoms with E-state index in [-0.39, 0.29) is 17.1 Å². The number of carboxylic acid groups (broad SMARTS) is 1. The third-order valence-corrected chi connectivity index (χ3v) is 4.67. The van der Waals surface area contributed by atoms with Crippen molar-refractivity contribution in [3.05, 3.63) is 29.1 Å². The molecule has 0 unspecified atom stereocenters. The molecule has 6 nitrogen and oxygen atoms in total. The number of aromatic carboxylic acids is 1. The molecule has 1 aliphatic rings. The molecule has 0 saturated carbocycles. The fraction of sp³-hybridized carbons (Fsp3) is 0.412. The summed E-state index contributed by atoms with van der Waals surface area (Å²) in [7, 11) is 0. The van der Waals surface area contributed by atoms with Crippen molar-refractivity contribution in [2.75, 3.05) is 13.1 Å². The molecule has 7 heteroatoms. The first kappa shape index (κ1) is 16.6. The van der Waals surface area contributed by atoms with Gasteiger partial charge < -0.3 is 19.5 Å². The van der Waals surface area contributed by atoms with Crippen molar-refractivity contribution in [1.29, 1.82) is 0 Å². The van der Waals surface area contributed by atoms with Gasteiger partial charge in [0.05, 0.1) is 13.1 Å². The number of amides is 1. The topological polar surface area (TPSA) is 76.1 Å². The third-order valence-electron chi connectivity index (χ3n) is 3.53. The van der Waals surface area contributed by atoms with Gasteiger partial charge in [0.1, 0.15) is 11.7 Å². The van der Waals surface area contributed by atoms with Gasteiger partial charge >= 0.3 is 12.1 Å². The van der Waals surface area contributed by atoms with Crippen LogP contribution in [0.2, 0.25) is 0 Å². The van der Waals surface area contributed by atoms with Crippen LogP contribution in [0.3, 0.4) is 0 Å². The predicted octanol–water partition coefficient (Wildman–Crippen LogP) is 3.60. The lowest BCUT2D eigenvalue weighted by Crippen LogP contribution is -2.57. The minimum atomic E-state index is -1.01. The normalized spacial score (nSPS) is 15.2. The van der Waals surface area contributed by atoms with Crippen LogP contribution in [0.25, 0.3) is 10.1 Å². The molecule has 0 radical (unpaired) electrons. The highest BCUT2D eigenvalue weighted by Gasteiger charge is 2.36. The van der Waals surface area contributed by atoms with Crippen LogP contribution in [0.15, 0.2) is 24.3 Å². The van der Waals surface area contributed by atoms with Crippen molar-refractivity contribution in [3.63, 3.8) is 0 Å². The monoisotopic (exact) mass is 349 g/mol. The van der Waals surface area contributed by atoms with Crippen molar-refractivity contribution in [2.45, 2.75) is 32.5 Å². The van der Waals surface area contributed by atoms with Gasteiger partial charge in [-0.1, -0.05) is 12.1 Å². The molecular weight excluding hydrogens is 330 g/mol. The van der Waals surface area contributed by atoms with Crippen LogP contribution in [-0.4, -0.2) is 46.9 Å². The van der Waals surface area contributed by atoms with Crippen LogP contribution < -0.4 is 4.74 Å². The number of rotatable bonds is 3. The molecule has 1 aromatic carbocycles. The summed E-state index contributed by atoms with van der Waals surface area (Å²) in [4.78, 5) is 25.1. The van der Waals surface area contributed by atoms with Crippen molar-refractivity contribution in [2.24, 2.45) is 0 Å². The van der Waals surface area contributed by atoms with Gasteiger partial charge in [0.15, 0.2) is 10.6 Å². The molecule has 1 amide bonds. The lowest BCUT2D eigenvalue weighted by molar-refractivity contribution is -0.0219. The van der Waals surface area contributed by atoms with E-state index in [9.17, 15) is 14.7 Å². The minimum absolute atomic E-state index is 0.187. The number of ether oxygens (including phenoxy) is 2. The van der Waals surface area contributed by atoms with E-state index in [4.69, 9.17) is 9.47 Å². The lowest BCUT2D eigenvalue weighted by atomic mass is 10.1. The van der Waals surface area contributed by atoms with Gasteiger partial charge in [-0.2, -0.15) is 0 Å². The summed E-state index contributed by atoms with van der Waals surface area (Å²) >= 11 is 1.19. The summed E-state index contributed by atoms with van der Waals surface area (Å²) in [6.45, 7) is 6.22. The second kappa shape index (κ2) is 5.98. The Kier molecular flexibility index (Phi) is 4.13. The van der Waals surface area contributed by atoms with E-state index in [1.165, 1.54) is 11.3 Å². The maximum atomic E-state index is 11.9. The van der Waals surface area contributed by atoms with Gasteiger partial charge in [-0.25, -0.2) is 9.59 Å². The molecular formula is C17H19NO5S. The molecule has 2 aromatic rings. The first-order valence-electron chi connectivity index (χ1n) is 7.64. The highest BCUT2D eigenvalue weighted by molar-refractivity contribution is 7.21. The van der Waals surface area contributed by atoms with Crippen molar-refractivity contribution in [3.8, 4) is 5.75 Å². The Bertz CT molecular complexity index is 786. The zero-order valence-electron chi connectivity index (χ0n) is 13.7. The van der Waals surface area contributed by atoms with Gasteiger partial charge in [0.2, 0.25) is 0 Å². The largest absolute Gasteiger partial charge is 0.484 e. The zero-order valence-corrected chi connectivity index (χ0v) is 14.6. The highest BCUT2D eigenvalue weighted by Crippen LogP contribution is 2.39. The summed E-state index contributed by atoms with van der Waals surface area (Å²) in [5.41, 5.74) is -0.539. The van der Waals surface area contributed by atoms with E-state index in [0.717, 1.165) is 10.1 Å². The van der Waals surface area contributed by atoms with Crippen LogP contribution in [0.4, 0.5) is 4.79 Å². The second-order valence-corrected chi connectivity index (χ2v) is 7.74. The predicted molar refractivity (Wildman–Crippen MR) is 91.0 cm³/mol. The second-order valence-electron chi connectivity index (χ2n) is 6.69. The number of carbonyl (C=O) groups excluding carboxylic acids is 1. The molecule has 0 bridgehead atoms. The first-order valence-corrected chi connectivity index (χ1v) is 8.45. The molecule has 0 aliphatic carbocycles. The van der Waals surface area contributed by atoms with Gasteiger partial charge in [0, 0.05) is 10.1 Å². The van der Waals surface area contributed by atoms with Crippen molar-refractivity contribution >= 4 is 33.5 Å². The maximum absolute atomic E-state index is 11.9. The van der Waals surface area contributed by atoms with Crippen LogP contribution in [-0.2, 0) is 4.74 Å². The number of hydrogen-bond acceptors (Lipinski definition) is 5. The molecule has 1 N–H and O–H groups in total. The molecule has 1 saturated heterocycles. The smallest absolute Gasteiger partial charge is 0.410 e. The van der Waals surface area contributed by atoms with E-state index >= 15 is 0 Å². The Morgan fingerprint density at radius 3 is 2.54 bits per heavy atom. The zero-order chi connectivity index (χ0) is 17.5. The summed E-state index contributed by atoms with van der Waals surface area (Å²) in [5, 5.41) is 10.2. The Hall–Kier alpha value is -2.28. The van der Waals surface area contributed by atoms with E-state index < -0.39 is 11.6 Å². The fourth-order valence-electron chi connectivity index (χ4n) is 2.43. The molecule has 2 heterocycles. The first-order chi connectivity index (χ1) is 11.2. The van der Waals surface area contributed by atoms with E-state index in [1.54, 1.807) is 4.90 Å². The van der Waals surface area contributed by atoms with E-state index in [2.05, 4.69) is 0 Å². The number of carbonyl (C=O) groups is 2. The van der Waals surface area contributed by atoms with Crippen molar-refractivity contribution < 1.29 is 24.2 Å². The number of carboxylic acids is 1. The molecule has 3 rings (SSSR count). The number of nitrogens with zero attached hydrogens (tertiary/aromatic N) is 1. The number of thiophene rings is 1. The number of benzene rings is 1. The number of hydrogen-bond donors (Lipinski definition) is 1. The standard InChI is InChI=1S/C17H19NO5S/c1-17(2,3)23-16(21)18-8-10(9-18)22-13-11-6-4-5-7-12(11)24-14(13)15(19)20/h4-7,10H,8-9H2,1-3H3,(H,19,20). The summed E-state index contributed by atoms with van der Waals surface area (Å²) in [6.07, 6.45) is -0.607. The Morgan fingerprint density at radius 2 is 1.92 bits per heavy atom. The summed E-state index contributed by atoms with van der Waals surface area (Å²) < 4.78 is 12.1. The Labute approximate surface area is 143 Å². The number of likely N-dealkylation sites (tertiary alicyclic amines) is 1. The van der Waals surface area contributed by atoms with Gasteiger partial charge in [-0.05, 0) is 32.9 Å². The van der Waals surface area contributed by atoms with Crippen LogP contribution in [0, 0.1) is 0 Å². The molecule has 0 spiro atoms. The van der Waals surface area contributed by atoms with Crippen LogP contribution in [0.5, 0.6) is 5.75 Å². The van der Waals surface area contributed by atoms with E-state index in [0.29, 0.717) is 18.8 Å². The molecule has 1 aliphatic heterocycles.